The Balaban J connectivity index is 2.28. The van der Waals surface area contributed by atoms with Gasteiger partial charge in [0.2, 0.25) is 0 Å². The monoisotopic (exact) mass is 318 g/mol. The number of sulfonamides is 1. The van der Waals surface area contributed by atoms with Gasteiger partial charge in [0.25, 0.3) is 10.0 Å². The second-order valence-corrected chi connectivity index (χ2v) is 6.49. The Kier molecular flexibility index (Phi) is 2.31. The Morgan fingerprint density at radius 2 is 2.12 bits per heavy atom. The zero-order valence-electron chi connectivity index (χ0n) is 8.60. The molecule has 1 aromatic rings. The van der Waals surface area contributed by atoms with Gasteiger partial charge < -0.3 is 4.90 Å². The zero-order chi connectivity index (χ0) is 12.2. The standard InChI is InChI=1S/C10H8BrFN2O2S/c11-8-3-6(12)4-9-10(8)17(15,16)13-5-14(9)7-1-2-7/h3-5,7H,1-2H2. The molecule has 17 heavy (non-hydrogen) atoms. The minimum Gasteiger partial charge on any atom is -0.327 e. The highest BCUT2D eigenvalue weighted by Gasteiger charge is 2.36. The van der Waals surface area contributed by atoms with E-state index in [4.69, 9.17) is 0 Å². The van der Waals surface area contributed by atoms with Crippen molar-refractivity contribution in [1.29, 1.82) is 0 Å². The molecule has 1 fully saturated rings. The van der Waals surface area contributed by atoms with E-state index in [1.165, 1.54) is 12.4 Å². The van der Waals surface area contributed by atoms with Crippen molar-refractivity contribution < 1.29 is 12.8 Å². The van der Waals surface area contributed by atoms with Crippen LogP contribution in [0, 0.1) is 5.82 Å². The van der Waals surface area contributed by atoms with E-state index in [0.717, 1.165) is 18.9 Å². The van der Waals surface area contributed by atoms with Gasteiger partial charge in [0.15, 0.2) is 0 Å². The van der Waals surface area contributed by atoms with E-state index in [1.54, 1.807) is 4.90 Å². The molecular formula is C10H8BrFN2O2S. The first-order chi connectivity index (χ1) is 7.99. The number of nitrogens with zero attached hydrogens (tertiary/aromatic N) is 2. The molecule has 1 heterocycles. The number of hydrogen-bond acceptors (Lipinski definition) is 3. The topological polar surface area (TPSA) is 49.7 Å². The molecule has 1 aromatic carbocycles. The van der Waals surface area contributed by atoms with Crippen molar-refractivity contribution in [2.75, 3.05) is 4.90 Å². The SMILES string of the molecule is O=S1(=O)N=CN(C2CC2)c2cc(F)cc(Br)c21. The number of benzene rings is 1. The molecule has 0 aromatic heterocycles. The van der Waals surface area contributed by atoms with Crippen molar-refractivity contribution in [3.8, 4) is 0 Å². The molecule has 90 valence electrons. The number of halogens is 2. The van der Waals surface area contributed by atoms with Gasteiger partial charge in [-0.25, -0.2) is 4.39 Å². The molecule has 1 aliphatic heterocycles. The van der Waals surface area contributed by atoms with Crippen LogP contribution in [-0.4, -0.2) is 20.8 Å². The molecule has 0 radical (unpaired) electrons. The Hall–Kier alpha value is -0.950. The molecule has 0 atom stereocenters. The molecule has 2 aliphatic rings. The van der Waals surface area contributed by atoms with Crippen molar-refractivity contribution in [1.82, 2.24) is 0 Å². The van der Waals surface area contributed by atoms with Crippen molar-refractivity contribution in [2.45, 2.75) is 23.8 Å². The second-order valence-electron chi connectivity index (χ2n) is 4.07. The molecule has 1 saturated carbocycles. The predicted octanol–water partition coefficient (Wildman–Crippen LogP) is 2.29. The van der Waals surface area contributed by atoms with E-state index in [0.29, 0.717) is 5.69 Å². The highest BCUT2D eigenvalue weighted by Crippen LogP contribution is 2.41. The third-order valence-electron chi connectivity index (χ3n) is 2.78. The average molecular weight is 319 g/mol. The minimum absolute atomic E-state index is 0.0494. The lowest BCUT2D eigenvalue weighted by atomic mass is 10.3. The van der Waals surface area contributed by atoms with Gasteiger partial charge in [-0.3, -0.25) is 0 Å². The van der Waals surface area contributed by atoms with E-state index < -0.39 is 15.8 Å². The molecule has 7 heteroatoms. The van der Waals surface area contributed by atoms with Gasteiger partial charge in [0.05, 0.1) is 5.69 Å². The van der Waals surface area contributed by atoms with Gasteiger partial charge in [-0.05, 0) is 40.9 Å². The van der Waals surface area contributed by atoms with Crippen LogP contribution < -0.4 is 4.90 Å². The van der Waals surface area contributed by atoms with E-state index in [2.05, 4.69) is 20.3 Å². The Bertz CT molecular complexity index is 625. The largest absolute Gasteiger partial charge is 0.327 e. The van der Waals surface area contributed by atoms with Crippen LogP contribution in [0.1, 0.15) is 12.8 Å². The van der Waals surface area contributed by atoms with Gasteiger partial charge in [-0.1, -0.05) is 0 Å². The summed E-state index contributed by atoms with van der Waals surface area (Å²) in [6, 6.07) is 2.62. The summed E-state index contributed by atoms with van der Waals surface area (Å²) < 4.78 is 40.8. The van der Waals surface area contributed by atoms with Crippen LogP contribution in [0.3, 0.4) is 0 Å². The maximum absolute atomic E-state index is 13.4. The third-order valence-corrected chi connectivity index (χ3v) is 4.98. The summed E-state index contributed by atoms with van der Waals surface area (Å²) in [5.74, 6) is -0.466. The zero-order valence-corrected chi connectivity index (χ0v) is 11.0. The van der Waals surface area contributed by atoms with Crippen LogP contribution in [0.5, 0.6) is 0 Å². The van der Waals surface area contributed by atoms with Gasteiger partial charge in [0.1, 0.15) is 17.1 Å². The predicted molar refractivity (Wildman–Crippen MR) is 65.3 cm³/mol. The van der Waals surface area contributed by atoms with E-state index in [1.807, 2.05) is 0 Å². The smallest absolute Gasteiger partial charge is 0.286 e. The Morgan fingerprint density at radius 1 is 1.41 bits per heavy atom. The molecule has 4 nitrogen and oxygen atoms in total. The summed E-state index contributed by atoms with van der Waals surface area (Å²) in [6.45, 7) is 0. The Morgan fingerprint density at radius 3 is 2.76 bits per heavy atom. The van der Waals surface area contributed by atoms with Crippen molar-refractivity contribution in [3.05, 3.63) is 22.4 Å². The molecule has 0 saturated heterocycles. The molecule has 1 aliphatic carbocycles. The van der Waals surface area contributed by atoms with E-state index in [9.17, 15) is 12.8 Å². The minimum atomic E-state index is -3.71. The van der Waals surface area contributed by atoms with Crippen LogP contribution in [0.2, 0.25) is 0 Å². The molecule has 0 bridgehead atoms. The highest BCUT2D eigenvalue weighted by atomic mass is 79.9. The first-order valence-electron chi connectivity index (χ1n) is 5.07. The summed E-state index contributed by atoms with van der Waals surface area (Å²) in [6.07, 6.45) is 3.22. The maximum atomic E-state index is 13.4. The lowest BCUT2D eigenvalue weighted by molar-refractivity contribution is 0.594. The fraction of sp³-hybridized carbons (Fsp3) is 0.300. The van der Waals surface area contributed by atoms with Crippen LogP contribution in [0.15, 0.2) is 25.9 Å². The number of rotatable bonds is 1. The second kappa shape index (κ2) is 3.52. The average Bonchev–Trinajstić information content (AvgIpc) is 2.99. The number of hydrogen-bond donors (Lipinski definition) is 0. The summed E-state index contributed by atoms with van der Waals surface area (Å²) >= 11 is 3.09. The lowest BCUT2D eigenvalue weighted by Crippen LogP contribution is -2.29. The number of fused-ring (bicyclic) bond motifs is 1. The molecule has 0 spiro atoms. The van der Waals surface area contributed by atoms with Gasteiger partial charge >= 0.3 is 0 Å². The fourth-order valence-electron chi connectivity index (χ4n) is 1.87. The maximum Gasteiger partial charge on any atom is 0.286 e. The van der Waals surface area contributed by atoms with Crippen molar-refractivity contribution in [3.63, 3.8) is 0 Å². The van der Waals surface area contributed by atoms with Gasteiger partial charge in [-0.15, -0.1) is 4.40 Å². The third kappa shape index (κ3) is 1.77. The summed E-state index contributed by atoms with van der Waals surface area (Å²) in [5.41, 5.74) is 0.370. The van der Waals surface area contributed by atoms with E-state index in [-0.39, 0.29) is 15.4 Å². The van der Waals surface area contributed by atoms with Gasteiger partial charge in [-0.2, -0.15) is 8.42 Å². The van der Waals surface area contributed by atoms with E-state index >= 15 is 0 Å². The fourth-order valence-corrected chi connectivity index (χ4v) is 3.97. The molecule has 0 unspecified atom stereocenters. The first-order valence-corrected chi connectivity index (χ1v) is 7.30. The van der Waals surface area contributed by atoms with Crippen LogP contribution >= 0.6 is 15.9 Å². The number of anilines is 1. The van der Waals surface area contributed by atoms with Gasteiger partial charge in [0, 0.05) is 10.5 Å². The van der Waals surface area contributed by atoms with Crippen molar-refractivity contribution in [2.24, 2.45) is 4.40 Å². The van der Waals surface area contributed by atoms with Crippen molar-refractivity contribution >= 4 is 38.0 Å². The molecule has 0 amide bonds. The summed E-state index contributed by atoms with van der Waals surface area (Å²) in [7, 11) is -3.71. The normalized spacial score (nSPS) is 21.4. The van der Waals surface area contributed by atoms with Crippen LogP contribution in [-0.2, 0) is 10.0 Å². The quantitative estimate of drug-likeness (QED) is 0.798. The Labute approximate surface area is 106 Å². The first kappa shape index (κ1) is 11.2. The lowest BCUT2D eigenvalue weighted by Gasteiger charge is -2.25. The summed E-state index contributed by atoms with van der Waals surface area (Å²) in [5, 5.41) is 0. The van der Waals surface area contributed by atoms with Crippen LogP contribution in [0.25, 0.3) is 0 Å². The highest BCUT2D eigenvalue weighted by molar-refractivity contribution is 9.10. The molecule has 3 rings (SSSR count). The van der Waals surface area contributed by atoms with Crippen LogP contribution in [0.4, 0.5) is 10.1 Å². The summed E-state index contributed by atoms with van der Waals surface area (Å²) in [4.78, 5) is 1.78. The molecule has 0 N–H and O–H groups in total. The molecular weight excluding hydrogens is 311 g/mol.